The zero-order valence-electron chi connectivity index (χ0n) is 12.4. The molecule has 1 unspecified atom stereocenters. The lowest BCUT2D eigenvalue weighted by atomic mass is 9.85. The number of hydrogen-bond donors (Lipinski definition) is 2. The minimum Gasteiger partial charge on any atom is -0.353 e. The Labute approximate surface area is 121 Å². The Bertz CT molecular complexity index is 424. The Morgan fingerprint density at radius 3 is 2.55 bits per heavy atom. The van der Waals surface area contributed by atoms with Crippen molar-refractivity contribution in [3.63, 3.8) is 0 Å². The molecule has 1 amide bonds. The Kier molecular flexibility index (Phi) is 5.18. The van der Waals surface area contributed by atoms with Crippen molar-refractivity contribution in [1.29, 1.82) is 0 Å². The highest BCUT2D eigenvalue weighted by atomic mass is 16.2. The van der Waals surface area contributed by atoms with Gasteiger partial charge in [0.15, 0.2) is 0 Å². The van der Waals surface area contributed by atoms with E-state index in [0.717, 1.165) is 38.5 Å². The second-order valence-electron chi connectivity index (χ2n) is 6.09. The molecule has 20 heavy (non-hydrogen) atoms. The largest absolute Gasteiger partial charge is 0.353 e. The summed E-state index contributed by atoms with van der Waals surface area (Å²) >= 11 is 0. The average Bonchev–Trinajstić information content (AvgIpc) is 2.96. The molecular formula is C17H26N2O. The maximum absolute atomic E-state index is 12.4. The fourth-order valence-corrected chi connectivity index (χ4v) is 3.05. The molecule has 1 aliphatic carbocycles. The number of nitrogens with one attached hydrogen (secondary N) is 1. The fraction of sp³-hybridized carbons (Fsp3) is 0.588. The fourth-order valence-electron chi connectivity index (χ4n) is 3.05. The standard InChI is InChI=1S/C17H26N2O/c1-14(9-10-15-7-3-2-4-8-15)19-16(20)17(13-18)11-5-6-12-17/h2-4,7-8,14H,5-6,9-13,18H2,1H3,(H,19,20). The van der Waals surface area contributed by atoms with Gasteiger partial charge in [-0.05, 0) is 38.2 Å². The predicted molar refractivity (Wildman–Crippen MR) is 82.3 cm³/mol. The third kappa shape index (κ3) is 3.60. The molecule has 0 bridgehead atoms. The maximum atomic E-state index is 12.4. The Morgan fingerprint density at radius 1 is 1.30 bits per heavy atom. The van der Waals surface area contributed by atoms with Crippen LogP contribution in [0.1, 0.15) is 44.6 Å². The summed E-state index contributed by atoms with van der Waals surface area (Å²) in [5.41, 5.74) is 6.88. The minimum absolute atomic E-state index is 0.165. The van der Waals surface area contributed by atoms with Crippen LogP contribution in [0.2, 0.25) is 0 Å². The summed E-state index contributed by atoms with van der Waals surface area (Å²) in [6, 6.07) is 10.6. The number of carbonyl (C=O) groups excluding carboxylic acids is 1. The van der Waals surface area contributed by atoms with Gasteiger partial charge < -0.3 is 11.1 Å². The van der Waals surface area contributed by atoms with Crippen molar-refractivity contribution in [2.24, 2.45) is 11.1 Å². The van der Waals surface area contributed by atoms with Crippen molar-refractivity contribution in [2.45, 2.75) is 51.5 Å². The summed E-state index contributed by atoms with van der Waals surface area (Å²) in [5.74, 6) is 0.165. The Morgan fingerprint density at radius 2 is 1.95 bits per heavy atom. The normalized spacial score (nSPS) is 18.7. The highest BCUT2D eigenvalue weighted by Gasteiger charge is 2.39. The molecule has 1 fully saturated rings. The number of carbonyl (C=O) groups is 1. The first-order chi connectivity index (χ1) is 9.66. The van der Waals surface area contributed by atoms with Gasteiger partial charge in [0.2, 0.25) is 5.91 Å². The van der Waals surface area contributed by atoms with Crippen LogP contribution in [0, 0.1) is 5.41 Å². The van der Waals surface area contributed by atoms with Crippen molar-refractivity contribution in [1.82, 2.24) is 5.32 Å². The summed E-state index contributed by atoms with van der Waals surface area (Å²) in [4.78, 5) is 12.4. The second-order valence-corrected chi connectivity index (χ2v) is 6.09. The van der Waals surface area contributed by atoms with E-state index in [2.05, 4.69) is 36.5 Å². The number of nitrogens with two attached hydrogens (primary N) is 1. The lowest BCUT2D eigenvalue weighted by Gasteiger charge is -2.28. The van der Waals surface area contributed by atoms with Crippen molar-refractivity contribution in [3.8, 4) is 0 Å². The number of rotatable bonds is 6. The van der Waals surface area contributed by atoms with Crippen LogP contribution in [0.15, 0.2) is 30.3 Å². The lowest BCUT2D eigenvalue weighted by Crippen LogP contribution is -2.47. The summed E-state index contributed by atoms with van der Waals surface area (Å²) in [6.07, 6.45) is 6.11. The van der Waals surface area contributed by atoms with E-state index >= 15 is 0 Å². The molecule has 2 rings (SSSR count). The average molecular weight is 274 g/mol. The molecule has 0 radical (unpaired) electrons. The molecule has 1 aliphatic rings. The Hall–Kier alpha value is -1.35. The number of amides is 1. The van der Waals surface area contributed by atoms with E-state index in [1.807, 2.05) is 6.07 Å². The van der Waals surface area contributed by atoms with Crippen molar-refractivity contribution < 1.29 is 4.79 Å². The SMILES string of the molecule is CC(CCc1ccccc1)NC(=O)C1(CN)CCCC1. The van der Waals surface area contributed by atoms with Crippen LogP contribution in [0.4, 0.5) is 0 Å². The third-order valence-electron chi connectivity index (χ3n) is 4.52. The van der Waals surface area contributed by atoms with Crippen LogP contribution in [0.5, 0.6) is 0 Å². The molecule has 1 aromatic rings. The van der Waals surface area contributed by atoms with Gasteiger partial charge in [0.05, 0.1) is 5.41 Å². The summed E-state index contributed by atoms with van der Waals surface area (Å²) < 4.78 is 0. The van der Waals surface area contributed by atoms with Gasteiger partial charge in [0.1, 0.15) is 0 Å². The first-order valence-corrected chi connectivity index (χ1v) is 7.71. The van der Waals surface area contributed by atoms with Crippen molar-refractivity contribution >= 4 is 5.91 Å². The molecule has 1 saturated carbocycles. The molecule has 3 heteroatoms. The van der Waals surface area contributed by atoms with E-state index in [1.165, 1.54) is 5.56 Å². The van der Waals surface area contributed by atoms with Gasteiger partial charge in [-0.15, -0.1) is 0 Å². The highest BCUT2D eigenvalue weighted by Crippen LogP contribution is 2.37. The molecule has 110 valence electrons. The van der Waals surface area contributed by atoms with Crippen LogP contribution in [-0.2, 0) is 11.2 Å². The molecule has 1 atom stereocenters. The molecule has 1 aromatic carbocycles. The molecule has 3 N–H and O–H groups in total. The van der Waals surface area contributed by atoms with Crippen LogP contribution >= 0.6 is 0 Å². The zero-order chi connectivity index (χ0) is 14.4. The minimum atomic E-state index is -0.291. The van der Waals surface area contributed by atoms with Gasteiger partial charge in [-0.2, -0.15) is 0 Å². The van der Waals surface area contributed by atoms with Crippen molar-refractivity contribution in [2.75, 3.05) is 6.54 Å². The molecule has 3 nitrogen and oxygen atoms in total. The van der Waals surface area contributed by atoms with Gasteiger partial charge >= 0.3 is 0 Å². The molecular weight excluding hydrogens is 248 g/mol. The monoisotopic (exact) mass is 274 g/mol. The highest BCUT2D eigenvalue weighted by molar-refractivity contribution is 5.83. The smallest absolute Gasteiger partial charge is 0.227 e. The van der Waals surface area contributed by atoms with E-state index in [9.17, 15) is 4.79 Å². The molecule has 0 aliphatic heterocycles. The molecule has 0 saturated heterocycles. The first kappa shape index (κ1) is 15.0. The predicted octanol–water partition coefficient (Wildman–Crippen LogP) is 2.64. The number of aryl methyl sites for hydroxylation is 1. The van der Waals surface area contributed by atoms with Crippen LogP contribution in [-0.4, -0.2) is 18.5 Å². The van der Waals surface area contributed by atoms with Crippen LogP contribution in [0.3, 0.4) is 0 Å². The first-order valence-electron chi connectivity index (χ1n) is 7.71. The van der Waals surface area contributed by atoms with Gasteiger partial charge in [-0.3, -0.25) is 4.79 Å². The molecule has 0 heterocycles. The van der Waals surface area contributed by atoms with E-state index < -0.39 is 0 Å². The van der Waals surface area contributed by atoms with Gasteiger partial charge in [0, 0.05) is 12.6 Å². The van der Waals surface area contributed by atoms with Gasteiger partial charge in [-0.25, -0.2) is 0 Å². The van der Waals surface area contributed by atoms with E-state index in [0.29, 0.717) is 6.54 Å². The Balaban J connectivity index is 1.82. The summed E-state index contributed by atoms with van der Waals surface area (Å²) in [7, 11) is 0. The molecule has 0 spiro atoms. The number of benzene rings is 1. The summed E-state index contributed by atoms with van der Waals surface area (Å²) in [6.45, 7) is 2.56. The van der Waals surface area contributed by atoms with Crippen molar-refractivity contribution in [3.05, 3.63) is 35.9 Å². The molecule has 0 aromatic heterocycles. The lowest BCUT2D eigenvalue weighted by molar-refractivity contribution is -0.131. The number of hydrogen-bond acceptors (Lipinski definition) is 2. The topological polar surface area (TPSA) is 55.1 Å². The van der Waals surface area contributed by atoms with Gasteiger partial charge in [-0.1, -0.05) is 43.2 Å². The third-order valence-corrected chi connectivity index (χ3v) is 4.52. The zero-order valence-corrected chi connectivity index (χ0v) is 12.4. The van der Waals surface area contributed by atoms with Crippen LogP contribution in [0.25, 0.3) is 0 Å². The van der Waals surface area contributed by atoms with Gasteiger partial charge in [0.25, 0.3) is 0 Å². The van der Waals surface area contributed by atoms with Crippen LogP contribution < -0.4 is 11.1 Å². The van der Waals surface area contributed by atoms with E-state index in [4.69, 9.17) is 5.73 Å². The summed E-state index contributed by atoms with van der Waals surface area (Å²) in [5, 5.41) is 3.16. The van der Waals surface area contributed by atoms with E-state index in [1.54, 1.807) is 0 Å². The van der Waals surface area contributed by atoms with E-state index in [-0.39, 0.29) is 17.4 Å². The quantitative estimate of drug-likeness (QED) is 0.838. The second kappa shape index (κ2) is 6.89. The maximum Gasteiger partial charge on any atom is 0.227 e.